The van der Waals surface area contributed by atoms with Crippen LogP contribution in [0.1, 0.15) is 34.1 Å². The lowest BCUT2D eigenvalue weighted by Gasteiger charge is -2.24. The molecule has 1 aliphatic rings. The van der Waals surface area contributed by atoms with Gasteiger partial charge in [-0.2, -0.15) is 0 Å². The van der Waals surface area contributed by atoms with Crippen molar-refractivity contribution in [1.29, 1.82) is 0 Å². The molecule has 0 fully saturated rings. The van der Waals surface area contributed by atoms with Crippen molar-refractivity contribution < 1.29 is 0 Å². The average Bonchev–Trinajstić information content (AvgIpc) is 2.63. The lowest BCUT2D eigenvalue weighted by molar-refractivity contribution is 0.329. The monoisotopic (exact) mass is 271 g/mol. The predicted molar refractivity (Wildman–Crippen MR) is 83.5 cm³/mol. The van der Waals surface area contributed by atoms with Gasteiger partial charge in [0.25, 0.3) is 0 Å². The van der Waals surface area contributed by atoms with E-state index in [1.807, 2.05) is 11.8 Å². The highest BCUT2D eigenvalue weighted by Crippen LogP contribution is 2.22. The molecule has 0 amide bonds. The first-order valence-corrected chi connectivity index (χ1v) is 7.99. The number of rotatable bonds is 6. The van der Waals surface area contributed by atoms with Crippen LogP contribution in [0.25, 0.3) is 0 Å². The highest BCUT2D eigenvalue weighted by atomic mass is 32.2. The number of nitrogens with zero attached hydrogens (tertiary/aromatic N) is 2. The Morgan fingerprint density at radius 1 is 1.33 bits per heavy atom. The molecule has 0 spiro atoms. The minimum absolute atomic E-state index is 0.497. The van der Waals surface area contributed by atoms with Crippen LogP contribution in [0.15, 0.2) is 4.99 Å². The summed E-state index contributed by atoms with van der Waals surface area (Å²) in [5.41, 5.74) is 0. The zero-order valence-corrected chi connectivity index (χ0v) is 13.5. The topological polar surface area (TPSA) is 27.6 Å². The summed E-state index contributed by atoms with van der Waals surface area (Å²) < 4.78 is 0. The van der Waals surface area contributed by atoms with Crippen LogP contribution in [0.5, 0.6) is 0 Å². The van der Waals surface area contributed by atoms with Crippen LogP contribution in [0, 0.1) is 11.8 Å². The van der Waals surface area contributed by atoms with Crippen LogP contribution >= 0.6 is 11.8 Å². The Bertz CT molecular complexity index is 264. The molecule has 1 N–H and O–H groups in total. The second-order valence-corrected chi connectivity index (χ2v) is 7.30. The summed E-state index contributed by atoms with van der Waals surface area (Å²) in [7, 11) is 4.27. The molecule has 1 aliphatic heterocycles. The molecule has 18 heavy (non-hydrogen) atoms. The quantitative estimate of drug-likeness (QED) is 0.805. The summed E-state index contributed by atoms with van der Waals surface area (Å²) in [5.74, 6) is 2.50. The number of hydrogen-bond donors (Lipinski definition) is 1. The highest BCUT2D eigenvalue weighted by Gasteiger charge is 2.23. The van der Waals surface area contributed by atoms with Gasteiger partial charge < -0.3 is 10.2 Å². The maximum absolute atomic E-state index is 4.79. The van der Waals surface area contributed by atoms with E-state index in [0.717, 1.165) is 23.4 Å². The smallest absolute Gasteiger partial charge is 0.157 e. The summed E-state index contributed by atoms with van der Waals surface area (Å²) in [4.78, 5) is 7.04. The predicted octanol–water partition coefficient (Wildman–Crippen LogP) is 2.68. The molecule has 0 bridgehead atoms. The van der Waals surface area contributed by atoms with Crippen LogP contribution < -0.4 is 5.32 Å². The Morgan fingerprint density at radius 2 is 2.00 bits per heavy atom. The lowest BCUT2D eigenvalue weighted by atomic mass is 10.0. The Kier molecular flexibility index (Phi) is 6.50. The second kappa shape index (κ2) is 7.39. The Balaban J connectivity index is 2.52. The van der Waals surface area contributed by atoms with Gasteiger partial charge >= 0.3 is 0 Å². The molecule has 1 rings (SSSR count). The number of nitrogens with one attached hydrogen (secondary N) is 1. The average molecular weight is 271 g/mol. The fourth-order valence-electron chi connectivity index (χ4n) is 2.17. The summed E-state index contributed by atoms with van der Waals surface area (Å²) in [6.07, 6.45) is 1.20. The van der Waals surface area contributed by atoms with Crippen LogP contribution in [-0.2, 0) is 0 Å². The number of amidine groups is 1. The van der Waals surface area contributed by atoms with Gasteiger partial charge in [0.2, 0.25) is 0 Å². The van der Waals surface area contributed by atoms with Crippen molar-refractivity contribution in [3.63, 3.8) is 0 Å². The molecule has 0 aliphatic carbocycles. The van der Waals surface area contributed by atoms with E-state index >= 15 is 0 Å². The molecule has 0 saturated carbocycles. The second-order valence-electron chi connectivity index (χ2n) is 6.29. The minimum Gasteiger partial charge on any atom is -0.361 e. The zero-order valence-electron chi connectivity index (χ0n) is 12.7. The third kappa shape index (κ3) is 5.61. The molecule has 0 saturated heterocycles. The minimum atomic E-state index is 0.497. The van der Waals surface area contributed by atoms with Gasteiger partial charge in [0.1, 0.15) is 0 Å². The standard InChI is InChI=1S/C14H29N3S/c1-10(2)7-12(8-17(5)6)15-14-16-13(9-18-14)11(3)4/h10-13H,7-9H2,1-6H3,(H,15,16)/t12?,13-/m1/s1. The molecular formula is C14H29N3S. The van der Waals surface area contributed by atoms with E-state index in [9.17, 15) is 0 Å². The molecule has 4 heteroatoms. The third-order valence-electron chi connectivity index (χ3n) is 3.11. The van der Waals surface area contributed by atoms with Crippen LogP contribution in [-0.4, -0.2) is 48.5 Å². The maximum atomic E-state index is 4.79. The van der Waals surface area contributed by atoms with Gasteiger partial charge in [-0.1, -0.05) is 39.5 Å². The van der Waals surface area contributed by atoms with Gasteiger partial charge in [0.15, 0.2) is 5.17 Å². The molecule has 0 aromatic heterocycles. The van der Waals surface area contributed by atoms with E-state index < -0.39 is 0 Å². The van der Waals surface area contributed by atoms with Gasteiger partial charge in [0.05, 0.1) is 6.04 Å². The molecular weight excluding hydrogens is 242 g/mol. The Hall–Kier alpha value is -0.220. The third-order valence-corrected chi connectivity index (χ3v) is 4.12. The van der Waals surface area contributed by atoms with Gasteiger partial charge in [-0.3, -0.25) is 4.99 Å². The number of aliphatic imine (C=N–C) groups is 1. The van der Waals surface area contributed by atoms with Crippen molar-refractivity contribution in [3.05, 3.63) is 0 Å². The van der Waals surface area contributed by atoms with E-state index in [4.69, 9.17) is 4.99 Å². The number of hydrogen-bond acceptors (Lipinski definition) is 4. The SMILES string of the molecule is CC(C)CC(CN(C)C)NC1=N[C@@H](C(C)C)CS1. The Morgan fingerprint density at radius 3 is 2.44 bits per heavy atom. The molecule has 3 nitrogen and oxygen atoms in total. The van der Waals surface area contributed by atoms with Gasteiger partial charge in [0, 0.05) is 18.3 Å². The van der Waals surface area contributed by atoms with Crippen molar-refractivity contribution in [2.45, 2.75) is 46.2 Å². The summed E-state index contributed by atoms with van der Waals surface area (Å²) in [6.45, 7) is 10.1. The first kappa shape index (κ1) is 15.8. The number of thioether (sulfide) groups is 1. The van der Waals surface area contributed by atoms with E-state index in [-0.39, 0.29) is 0 Å². The molecule has 2 atom stereocenters. The van der Waals surface area contributed by atoms with E-state index in [0.29, 0.717) is 18.0 Å². The van der Waals surface area contributed by atoms with Crippen LogP contribution in [0.4, 0.5) is 0 Å². The molecule has 0 aromatic rings. The first-order valence-electron chi connectivity index (χ1n) is 7.00. The van der Waals surface area contributed by atoms with E-state index in [1.165, 1.54) is 6.42 Å². The van der Waals surface area contributed by atoms with Gasteiger partial charge in [-0.05, 0) is 32.4 Å². The van der Waals surface area contributed by atoms with Crippen molar-refractivity contribution in [2.24, 2.45) is 16.8 Å². The van der Waals surface area contributed by atoms with Crippen LogP contribution in [0.3, 0.4) is 0 Å². The largest absolute Gasteiger partial charge is 0.361 e. The van der Waals surface area contributed by atoms with E-state index in [2.05, 4.69) is 52.0 Å². The molecule has 1 unspecified atom stereocenters. The van der Waals surface area contributed by atoms with Crippen molar-refractivity contribution in [3.8, 4) is 0 Å². The fraction of sp³-hybridized carbons (Fsp3) is 0.929. The van der Waals surface area contributed by atoms with Crippen molar-refractivity contribution in [2.75, 3.05) is 26.4 Å². The number of likely N-dealkylation sites (N-methyl/N-ethyl adjacent to an activating group) is 1. The fourth-order valence-corrected chi connectivity index (χ4v) is 3.42. The molecule has 0 radical (unpaired) electrons. The molecule has 106 valence electrons. The maximum Gasteiger partial charge on any atom is 0.157 e. The molecule has 0 aromatic carbocycles. The normalized spacial score (nSPS) is 21.8. The molecule has 1 heterocycles. The van der Waals surface area contributed by atoms with Crippen LogP contribution in [0.2, 0.25) is 0 Å². The summed E-state index contributed by atoms with van der Waals surface area (Å²) in [6, 6.07) is 1.01. The van der Waals surface area contributed by atoms with Gasteiger partial charge in [-0.25, -0.2) is 0 Å². The van der Waals surface area contributed by atoms with Crippen molar-refractivity contribution in [1.82, 2.24) is 10.2 Å². The van der Waals surface area contributed by atoms with E-state index in [1.54, 1.807) is 0 Å². The zero-order chi connectivity index (χ0) is 13.7. The highest BCUT2D eigenvalue weighted by molar-refractivity contribution is 8.14. The Labute approximate surface area is 117 Å². The summed E-state index contributed by atoms with van der Waals surface area (Å²) in [5, 5.41) is 4.79. The lowest BCUT2D eigenvalue weighted by Crippen LogP contribution is -2.41. The first-order chi connectivity index (χ1) is 8.38. The summed E-state index contributed by atoms with van der Waals surface area (Å²) >= 11 is 1.88. The van der Waals surface area contributed by atoms with Gasteiger partial charge in [-0.15, -0.1) is 0 Å². The van der Waals surface area contributed by atoms with Crippen molar-refractivity contribution >= 4 is 16.9 Å².